The first-order valence-corrected chi connectivity index (χ1v) is 6.61. The van der Waals surface area contributed by atoms with Crippen LogP contribution < -0.4 is 0 Å². The first kappa shape index (κ1) is 15.3. The third-order valence-electron chi connectivity index (χ3n) is 2.30. The van der Waals surface area contributed by atoms with E-state index < -0.39 is 17.0 Å². The summed E-state index contributed by atoms with van der Waals surface area (Å²) >= 11 is 7.04. The molecule has 0 saturated carbocycles. The van der Waals surface area contributed by atoms with Gasteiger partial charge in [0, 0.05) is 15.8 Å². The molecule has 6 heteroatoms. The predicted octanol–water partition coefficient (Wildman–Crippen LogP) is 2.81. The van der Waals surface area contributed by atoms with Gasteiger partial charge >= 0.3 is 5.97 Å². The Kier molecular flexibility index (Phi) is 5.91. The van der Waals surface area contributed by atoms with Gasteiger partial charge in [-0.1, -0.05) is 24.6 Å². The normalized spacial score (nSPS) is 14.1. The van der Waals surface area contributed by atoms with Crippen molar-refractivity contribution in [2.75, 3.05) is 13.7 Å². The van der Waals surface area contributed by atoms with Gasteiger partial charge in [0.15, 0.2) is 0 Å². The van der Waals surface area contributed by atoms with E-state index >= 15 is 0 Å². The van der Waals surface area contributed by atoms with E-state index in [1.54, 1.807) is 6.92 Å². The zero-order chi connectivity index (χ0) is 13.7. The number of hydrogen-bond acceptors (Lipinski definition) is 4. The molecule has 3 nitrogen and oxygen atoms in total. The number of hydrogen-bond donors (Lipinski definition) is 1. The maximum atomic E-state index is 13.8. The Hall–Kier alpha value is -0.780. The SMILES string of the molecule is COC(=O)[C@@H](S[C@H](C)CO)c1c(F)cccc1Cl. The lowest BCUT2D eigenvalue weighted by Gasteiger charge is -2.19. The Labute approximate surface area is 114 Å². The van der Waals surface area contributed by atoms with Crippen molar-refractivity contribution in [3.8, 4) is 0 Å². The summed E-state index contributed by atoms with van der Waals surface area (Å²) in [5.74, 6) is -1.15. The van der Waals surface area contributed by atoms with Gasteiger partial charge in [-0.25, -0.2) is 4.39 Å². The van der Waals surface area contributed by atoms with Crippen molar-refractivity contribution >= 4 is 29.3 Å². The van der Waals surface area contributed by atoms with Crippen molar-refractivity contribution in [1.29, 1.82) is 0 Å². The highest BCUT2D eigenvalue weighted by molar-refractivity contribution is 8.00. The highest BCUT2D eigenvalue weighted by Gasteiger charge is 2.29. The van der Waals surface area contributed by atoms with Crippen molar-refractivity contribution in [1.82, 2.24) is 0 Å². The zero-order valence-electron chi connectivity index (χ0n) is 10.0. The first-order chi connectivity index (χ1) is 8.51. The molecule has 2 atom stereocenters. The molecule has 0 aliphatic heterocycles. The second kappa shape index (κ2) is 6.97. The van der Waals surface area contributed by atoms with E-state index in [0.717, 1.165) is 11.8 Å². The molecule has 1 N–H and O–H groups in total. The highest BCUT2D eigenvalue weighted by Crippen LogP contribution is 2.38. The number of methoxy groups -OCH3 is 1. The molecule has 1 rings (SSSR count). The summed E-state index contributed by atoms with van der Waals surface area (Å²) in [5, 5.41) is 8.08. The lowest BCUT2D eigenvalue weighted by Crippen LogP contribution is -2.17. The van der Waals surface area contributed by atoms with Gasteiger partial charge in [-0.05, 0) is 12.1 Å². The molecule has 0 amide bonds. The number of esters is 1. The molecule has 0 saturated heterocycles. The predicted molar refractivity (Wildman–Crippen MR) is 70.3 cm³/mol. The van der Waals surface area contributed by atoms with Crippen molar-refractivity contribution in [2.45, 2.75) is 17.4 Å². The van der Waals surface area contributed by atoms with Crippen LogP contribution in [0.5, 0.6) is 0 Å². The lowest BCUT2D eigenvalue weighted by molar-refractivity contribution is -0.140. The third kappa shape index (κ3) is 3.60. The first-order valence-electron chi connectivity index (χ1n) is 5.29. The monoisotopic (exact) mass is 292 g/mol. The molecular weight excluding hydrogens is 279 g/mol. The number of halogens is 2. The van der Waals surface area contributed by atoms with Crippen molar-refractivity contribution < 1.29 is 19.0 Å². The van der Waals surface area contributed by atoms with Gasteiger partial charge in [0.2, 0.25) is 0 Å². The average Bonchev–Trinajstić information content (AvgIpc) is 2.36. The van der Waals surface area contributed by atoms with Crippen LogP contribution in [0.2, 0.25) is 5.02 Å². The maximum absolute atomic E-state index is 13.8. The Morgan fingerprint density at radius 2 is 2.28 bits per heavy atom. The fourth-order valence-corrected chi connectivity index (χ4v) is 2.86. The number of benzene rings is 1. The average molecular weight is 293 g/mol. The molecule has 0 aliphatic rings. The van der Waals surface area contributed by atoms with E-state index in [2.05, 4.69) is 4.74 Å². The zero-order valence-corrected chi connectivity index (χ0v) is 11.6. The van der Waals surface area contributed by atoms with E-state index in [0.29, 0.717) is 0 Å². The summed E-state index contributed by atoms with van der Waals surface area (Å²) < 4.78 is 18.4. The standard InChI is InChI=1S/C12H14ClFO3S/c1-7(6-15)18-11(12(16)17-2)10-8(13)4-3-5-9(10)14/h3-5,7,11,15H,6H2,1-2H3/t7-,11+/m1/s1. The quantitative estimate of drug-likeness (QED) is 0.848. The van der Waals surface area contributed by atoms with Gasteiger partial charge in [0.1, 0.15) is 11.1 Å². The summed E-state index contributed by atoms with van der Waals surface area (Å²) in [4.78, 5) is 11.7. The summed E-state index contributed by atoms with van der Waals surface area (Å²) in [7, 11) is 1.23. The van der Waals surface area contributed by atoms with Gasteiger partial charge in [-0.3, -0.25) is 4.79 Å². The van der Waals surface area contributed by atoms with Crippen molar-refractivity contribution in [3.05, 3.63) is 34.6 Å². The van der Waals surface area contributed by atoms with Crippen LogP contribution in [0.4, 0.5) is 4.39 Å². The Morgan fingerprint density at radius 1 is 1.61 bits per heavy atom. The fraction of sp³-hybridized carbons (Fsp3) is 0.417. The van der Waals surface area contributed by atoms with Gasteiger partial charge < -0.3 is 9.84 Å². The summed E-state index contributed by atoms with van der Waals surface area (Å²) in [5.41, 5.74) is 0.0938. The molecular formula is C12H14ClFO3S. The van der Waals surface area contributed by atoms with Crippen LogP contribution in [0, 0.1) is 5.82 Å². The number of ether oxygens (including phenoxy) is 1. The Morgan fingerprint density at radius 3 is 2.78 bits per heavy atom. The topological polar surface area (TPSA) is 46.5 Å². The molecule has 0 aromatic heterocycles. The van der Waals surface area contributed by atoms with Crippen LogP contribution in [0.1, 0.15) is 17.7 Å². The summed E-state index contributed by atoms with van der Waals surface area (Å²) in [6.07, 6.45) is 0. The van der Waals surface area contributed by atoms with E-state index in [4.69, 9.17) is 16.7 Å². The Balaban J connectivity index is 3.13. The second-order valence-corrected chi connectivity index (χ2v) is 5.62. The molecule has 0 radical (unpaired) electrons. The molecule has 18 heavy (non-hydrogen) atoms. The van der Waals surface area contributed by atoms with Crippen molar-refractivity contribution in [2.24, 2.45) is 0 Å². The minimum absolute atomic E-state index is 0.0938. The second-order valence-electron chi connectivity index (χ2n) is 3.67. The van der Waals surface area contributed by atoms with E-state index in [-0.39, 0.29) is 22.4 Å². The van der Waals surface area contributed by atoms with E-state index in [9.17, 15) is 9.18 Å². The molecule has 1 aromatic rings. The Bertz CT molecular complexity index is 408. The number of carbonyl (C=O) groups is 1. The number of carbonyl (C=O) groups excluding carboxylic acids is 1. The van der Waals surface area contributed by atoms with Crippen molar-refractivity contribution in [3.63, 3.8) is 0 Å². The van der Waals surface area contributed by atoms with Crippen LogP contribution >= 0.6 is 23.4 Å². The number of thioether (sulfide) groups is 1. The van der Waals surface area contributed by atoms with Gasteiger partial charge in [-0.2, -0.15) is 0 Å². The molecule has 0 aliphatic carbocycles. The van der Waals surface area contributed by atoms with E-state index in [1.807, 2.05) is 0 Å². The van der Waals surface area contributed by atoms with Crippen LogP contribution in [0.25, 0.3) is 0 Å². The maximum Gasteiger partial charge on any atom is 0.323 e. The fourth-order valence-electron chi connectivity index (χ4n) is 1.39. The summed E-state index contributed by atoms with van der Waals surface area (Å²) in [6.45, 7) is 1.61. The molecule has 0 fully saturated rings. The molecule has 0 unspecified atom stereocenters. The van der Waals surface area contributed by atoms with Gasteiger partial charge in [-0.15, -0.1) is 11.8 Å². The van der Waals surface area contributed by atoms with Crippen LogP contribution in [-0.4, -0.2) is 30.0 Å². The van der Waals surface area contributed by atoms with Crippen LogP contribution in [-0.2, 0) is 9.53 Å². The minimum Gasteiger partial charge on any atom is -0.468 e. The van der Waals surface area contributed by atoms with E-state index in [1.165, 1.54) is 25.3 Å². The largest absolute Gasteiger partial charge is 0.468 e. The van der Waals surface area contributed by atoms with Gasteiger partial charge in [0.05, 0.1) is 13.7 Å². The third-order valence-corrected chi connectivity index (χ3v) is 3.95. The highest BCUT2D eigenvalue weighted by atomic mass is 35.5. The smallest absolute Gasteiger partial charge is 0.323 e. The molecule has 100 valence electrons. The van der Waals surface area contributed by atoms with Crippen LogP contribution in [0.15, 0.2) is 18.2 Å². The van der Waals surface area contributed by atoms with Gasteiger partial charge in [0.25, 0.3) is 0 Å². The number of aliphatic hydroxyl groups excluding tert-OH is 1. The van der Waals surface area contributed by atoms with Crippen LogP contribution in [0.3, 0.4) is 0 Å². The number of aliphatic hydroxyl groups is 1. The molecule has 1 aromatic carbocycles. The minimum atomic E-state index is -0.883. The number of rotatable bonds is 5. The summed E-state index contributed by atoms with van der Waals surface area (Å²) in [6, 6.07) is 4.22. The molecule has 0 spiro atoms. The lowest BCUT2D eigenvalue weighted by atomic mass is 10.1. The molecule has 0 heterocycles. The molecule has 0 bridgehead atoms.